The Morgan fingerprint density at radius 1 is 1.20 bits per heavy atom. The van der Waals surface area contributed by atoms with E-state index in [1.165, 1.54) is 12.3 Å². The van der Waals surface area contributed by atoms with E-state index in [0.717, 1.165) is 0 Å². The second kappa shape index (κ2) is 6.36. The van der Waals surface area contributed by atoms with Gasteiger partial charge in [0.15, 0.2) is 0 Å². The van der Waals surface area contributed by atoms with Crippen LogP contribution in [-0.2, 0) is 4.79 Å². The van der Waals surface area contributed by atoms with Crippen molar-refractivity contribution >= 4 is 47.0 Å². The van der Waals surface area contributed by atoms with Crippen molar-refractivity contribution in [3.05, 3.63) is 52.1 Å². The molecule has 0 saturated heterocycles. The van der Waals surface area contributed by atoms with Crippen LogP contribution in [-0.4, -0.2) is 17.3 Å². The van der Waals surface area contributed by atoms with Crippen LogP contribution in [0.25, 0.3) is 0 Å². The predicted molar refractivity (Wildman–Crippen MR) is 78.3 cm³/mol. The first-order valence-electron chi connectivity index (χ1n) is 5.53. The van der Waals surface area contributed by atoms with Crippen LogP contribution in [0.1, 0.15) is 10.4 Å². The molecule has 2 rings (SSSR count). The third-order valence-corrected chi connectivity index (χ3v) is 3.04. The first kappa shape index (κ1) is 14.3. The lowest BCUT2D eigenvalue weighted by molar-refractivity contribution is -0.105. The van der Waals surface area contributed by atoms with E-state index < -0.39 is 5.91 Å². The largest absolute Gasteiger partial charge is 0.322 e. The molecule has 0 atom stereocenters. The highest BCUT2D eigenvalue weighted by Crippen LogP contribution is 2.25. The first-order chi connectivity index (χ1) is 9.61. The van der Waals surface area contributed by atoms with Gasteiger partial charge in [-0.1, -0.05) is 29.3 Å². The molecule has 20 heavy (non-hydrogen) atoms. The number of rotatable bonds is 4. The molecular formula is C13H9Cl2N3O2. The Labute approximate surface area is 124 Å². The molecule has 0 radical (unpaired) electrons. The summed E-state index contributed by atoms with van der Waals surface area (Å²) < 4.78 is 0. The van der Waals surface area contributed by atoms with E-state index in [-0.39, 0.29) is 15.6 Å². The van der Waals surface area contributed by atoms with E-state index in [1.807, 2.05) is 0 Å². The Morgan fingerprint density at radius 3 is 2.55 bits per heavy atom. The van der Waals surface area contributed by atoms with Crippen molar-refractivity contribution in [3.8, 4) is 0 Å². The fraction of sp³-hybridized carbons (Fsp3) is 0. The molecule has 0 bridgehead atoms. The minimum atomic E-state index is -0.441. The molecule has 0 fully saturated rings. The van der Waals surface area contributed by atoms with Gasteiger partial charge < -0.3 is 10.6 Å². The summed E-state index contributed by atoms with van der Waals surface area (Å²) >= 11 is 11.9. The lowest BCUT2D eigenvalue weighted by Crippen LogP contribution is -2.13. The van der Waals surface area contributed by atoms with E-state index >= 15 is 0 Å². The molecule has 7 heteroatoms. The van der Waals surface area contributed by atoms with Crippen molar-refractivity contribution < 1.29 is 9.59 Å². The van der Waals surface area contributed by atoms with E-state index in [2.05, 4.69) is 15.6 Å². The summed E-state index contributed by atoms with van der Waals surface area (Å²) in [5.41, 5.74) is 0.655. The Hall–Kier alpha value is -2.11. The number of pyridine rings is 1. The van der Waals surface area contributed by atoms with Gasteiger partial charge in [-0.3, -0.25) is 9.59 Å². The number of aromatic nitrogens is 1. The zero-order valence-electron chi connectivity index (χ0n) is 10.1. The molecule has 2 aromatic rings. The number of carbonyl (C=O) groups excluding carboxylic acids is 2. The van der Waals surface area contributed by atoms with Crippen molar-refractivity contribution in [2.24, 2.45) is 0 Å². The topological polar surface area (TPSA) is 71.1 Å². The summed E-state index contributed by atoms with van der Waals surface area (Å²) in [4.78, 5) is 26.4. The van der Waals surface area contributed by atoms with Gasteiger partial charge >= 0.3 is 0 Å². The van der Waals surface area contributed by atoms with E-state index in [9.17, 15) is 9.59 Å². The Bertz CT molecular complexity index is 642. The molecule has 0 aliphatic rings. The van der Waals surface area contributed by atoms with Gasteiger partial charge in [0.05, 0.1) is 15.6 Å². The molecule has 0 aliphatic carbocycles. The maximum Gasteiger partial charge on any atom is 0.258 e. The highest BCUT2D eigenvalue weighted by Gasteiger charge is 2.14. The highest BCUT2D eigenvalue weighted by molar-refractivity contribution is 6.40. The summed E-state index contributed by atoms with van der Waals surface area (Å²) in [6.45, 7) is 0. The molecule has 0 unspecified atom stereocenters. The fourth-order valence-corrected chi connectivity index (χ4v) is 2.13. The summed E-state index contributed by atoms with van der Waals surface area (Å²) in [6, 6.07) is 7.90. The first-order valence-corrected chi connectivity index (χ1v) is 6.29. The molecule has 1 heterocycles. The van der Waals surface area contributed by atoms with E-state index in [0.29, 0.717) is 17.9 Å². The highest BCUT2D eigenvalue weighted by atomic mass is 35.5. The van der Waals surface area contributed by atoms with Gasteiger partial charge in [0.2, 0.25) is 6.41 Å². The Morgan fingerprint density at radius 2 is 1.90 bits per heavy atom. The van der Waals surface area contributed by atoms with Gasteiger partial charge in [0.1, 0.15) is 5.82 Å². The smallest absolute Gasteiger partial charge is 0.258 e. The summed E-state index contributed by atoms with van der Waals surface area (Å²) in [5, 5.41) is 5.54. The van der Waals surface area contributed by atoms with Crippen LogP contribution in [0.5, 0.6) is 0 Å². The second-order valence-electron chi connectivity index (χ2n) is 3.74. The number of amides is 2. The van der Waals surface area contributed by atoms with Crippen LogP contribution >= 0.6 is 23.2 Å². The minimum absolute atomic E-state index is 0.192. The van der Waals surface area contributed by atoms with E-state index in [1.54, 1.807) is 24.3 Å². The quantitative estimate of drug-likeness (QED) is 0.852. The molecular weight excluding hydrogens is 301 g/mol. The average molecular weight is 310 g/mol. The van der Waals surface area contributed by atoms with Crippen LogP contribution in [0, 0.1) is 0 Å². The van der Waals surface area contributed by atoms with Crippen LogP contribution in [0.3, 0.4) is 0 Å². The van der Waals surface area contributed by atoms with Crippen LogP contribution in [0.2, 0.25) is 10.0 Å². The summed E-state index contributed by atoms with van der Waals surface area (Å²) in [6.07, 6.45) is 1.95. The fourth-order valence-electron chi connectivity index (χ4n) is 1.56. The summed E-state index contributed by atoms with van der Waals surface area (Å²) in [7, 11) is 0. The Balaban J connectivity index is 2.23. The number of anilines is 2. The third-order valence-electron chi connectivity index (χ3n) is 2.41. The molecule has 102 valence electrons. The standard InChI is InChI=1S/C13H9Cl2N3O2/c14-9-2-1-3-10(15)12(9)13(20)18-8-4-5-16-11(6-8)17-7-19/h1-7H,(H2,16,17,18,19,20). The third kappa shape index (κ3) is 3.26. The number of hydrogen-bond donors (Lipinski definition) is 2. The van der Waals surface area contributed by atoms with Crippen molar-refractivity contribution in [1.82, 2.24) is 4.98 Å². The zero-order chi connectivity index (χ0) is 14.5. The molecule has 0 saturated carbocycles. The van der Waals surface area contributed by atoms with Gasteiger partial charge in [0, 0.05) is 18.0 Å². The monoisotopic (exact) mass is 309 g/mol. The average Bonchev–Trinajstić information content (AvgIpc) is 2.39. The maximum absolute atomic E-state index is 12.1. The second-order valence-corrected chi connectivity index (χ2v) is 4.56. The van der Waals surface area contributed by atoms with Crippen LogP contribution < -0.4 is 10.6 Å². The predicted octanol–water partition coefficient (Wildman–Crippen LogP) is 3.21. The van der Waals surface area contributed by atoms with Gasteiger partial charge in [0.25, 0.3) is 5.91 Å². The number of halogens is 2. The number of hydrogen-bond acceptors (Lipinski definition) is 3. The van der Waals surface area contributed by atoms with Crippen molar-refractivity contribution in [3.63, 3.8) is 0 Å². The molecule has 0 spiro atoms. The minimum Gasteiger partial charge on any atom is -0.322 e. The maximum atomic E-state index is 12.1. The summed E-state index contributed by atoms with van der Waals surface area (Å²) in [5.74, 6) is -0.119. The normalized spacial score (nSPS) is 9.90. The van der Waals surface area contributed by atoms with Gasteiger partial charge in [-0.15, -0.1) is 0 Å². The van der Waals surface area contributed by atoms with Crippen molar-refractivity contribution in [1.29, 1.82) is 0 Å². The molecule has 2 N–H and O–H groups in total. The zero-order valence-corrected chi connectivity index (χ0v) is 11.6. The number of nitrogens with zero attached hydrogens (tertiary/aromatic N) is 1. The Kier molecular flexibility index (Phi) is 4.55. The number of nitrogens with one attached hydrogen (secondary N) is 2. The van der Waals surface area contributed by atoms with Gasteiger partial charge in [-0.05, 0) is 18.2 Å². The molecule has 1 aromatic carbocycles. The lowest BCUT2D eigenvalue weighted by atomic mass is 10.2. The molecule has 1 aromatic heterocycles. The molecule has 2 amide bonds. The molecule has 0 aliphatic heterocycles. The van der Waals surface area contributed by atoms with Crippen LogP contribution in [0.15, 0.2) is 36.5 Å². The number of benzene rings is 1. The van der Waals surface area contributed by atoms with Crippen molar-refractivity contribution in [2.45, 2.75) is 0 Å². The van der Waals surface area contributed by atoms with Crippen molar-refractivity contribution in [2.75, 3.05) is 10.6 Å². The molecule has 5 nitrogen and oxygen atoms in total. The SMILES string of the molecule is O=CNc1cc(NC(=O)c2c(Cl)cccc2Cl)ccn1. The number of carbonyl (C=O) groups is 2. The van der Waals surface area contributed by atoms with Gasteiger partial charge in [-0.2, -0.15) is 0 Å². The van der Waals surface area contributed by atoms with E-state index in [4.69, 9.17) is 23.2 Å². The lowest BCUT2D eigenvalue weighted by Gasteiger charge is -2.09. The van der Waals surface area contributed by atoms with Gasteiger partial charge in [-0.25, -0.2) is 4.98 Å². The van der Waals surface area contributed by atoms with Crippen LogP contribution in [0.4, 0.5) is 11.5 Å².